The Bertz CT molecular complexity index is 1050. The van der Waals surface area contributed by atoms with Crippen LogP contribution in [0, 0.1) is 0 Å². The lowest BCUT2D eigenvalue weighted by molar-refractivity contribution is 0.580. The van der Waals surface area contributed by atoms with Gasteiger partial charge in [-0.25, -0.2) is 9.97 Å². The highest BCUT2D eigenvalue weighted by atomic mass is 16.3. The summed E-state index contributed by atoms with van der Waals surface area (Å²) in [6, 6.07) is 19.7. The van der Waals surface area contributed by atoms with E-state index >= 15 is 0 Å². The molecule has 24 heavy (non-hydrogen) atoms. The molecule has 114 valence electrons. The summed E-state index contributed by atoms with van der Waals surface area (Å²) in [6.45, 7) is 0. The molecule has 0 aliphatic rings. The fourth-order valence-corrected chi connectivity index (χ4v) is 2.89. The zero-order chi connectivity index (χ0) is 15.9. The average Bonchev–Trinajstić information content (AvgIpc) is 3.34. The van der Waals surface area contributed by atoms with Gasteiger partial charge in [0.05, 0.1) is 23.6 Å². The van der Waals surface area contributed by atoms with Crippen LogP contribution in [0.25, 0.3) is 44.7 Å². The second-order valence-corrected chi connectivity index (χ2v) is 5.56. The molecule has 0 bridgehead atoms. The molecular formula is C20H12N2O2. The number of hydrogen-bond acceptors (Lipinski definition) is 4. The van der Waals surface area contributed by atoms with E-state index in [-0.39, 0.29) is 0 Å². The Hall–Kier alpha value is -3.40. The van der Waals surface area contributed by atoms with Crippen molar-refractivity contribution in [2.24, 2.45) is 0 Å². The van der Waals surface area contributed by atoms with E-state index in [1.165, 1.54) is 0 Å². The third-order valence-corrected chi connectivity index (χ3v) is 4.07. The van der Waals surface area contributed by atoms with Crippen LogP contribution in [-0.2, 0) is 0 Å². The number of hydrogen-bond donors (Lipinski definition) is 0. The third kappa shape index (κ3) is 2.01. The molecule has 4 aromatic heterocycles. The quantitative estimate of drug-likeness (QED) is 0.415. The van der Waals surface area contributed by atoms with Crippen LogP contribution in [0.5, 0.6) is 0 Å². The van der Waals surface area contributed by atoms with Crippen molar-refractivity contribution in [2.45, 2.75) is 0 Å². The highest BCUT2D eigenvalue weighted by Crippen LogP contribution is 2.28. The van der Waals surface area contributed by atoms with Crippen molar-refractivity contribution in [3.8, 4) is 22.9 Å². The predicted molar refractivity (Wildman–Crippen MR) is 92.4 cm³/mol. The zero-order valence-corrected chi connectivity index (χ0v) is 12.6. The Morgan fingerprint density at radius 2 is 1.00 bits per heavy atom. The van der Waals surface area contributed by atoms with Gasteiger partial charge in [-0.05, 0) is 36.4 Å². The van der Waals surface area contributed by atoms with Gasteiger partial charge in [0.1, 0.15) is 11.4 Å². The lowest BCUT2D eigenvalue weighted by atomic mass is 10.1. The normalized spacial score (nSPS) is 11.3. The van der Waals surface area contributed by atoms with Crippen molar-refractivity contribution >= 4 is 21.8 Å². The monoisotopic (exact) mass is 312 g/mol. The molecule has 4 nitrogen and oxygen atoms in total. The van der Waals surface area contributed by atoms with E-state index in [9.17, 15) is 0 Å². The Balaban J connectivity index is 1.80. The van der Waals surface area contributed by atoms with Crippen LogP contribution in [0.4, 0.5) is 0 Å². The molecule has 5 rings (SSSR count). The molecule has 0 spiro atoms. The topological polar surface area (TPSA) is 52.1 Å². The Labute approximate surface area is 137 Å². The van der Waals surface area contributed by atoms with Crippen molar-refractivity contribution in [2.75, 3.05) is 0 Å². The van der Waals surface area contributed by atoms with Gasteiger partial charge < -0.3 is 8.83 Å². The van der Waals surface area contributed by atoms with Crippen LogP contribution in [-0.4, -0.2) is 9.97 Å². The molecule has 0 aliphatic carbocycles. The number of rotatable bonds is 2. The van der Waals surface area contributed by atoms with Crippen molar-refractivity contribution in [3.05, 3.63) is 73.2 Å². The fraction of sp³-hybridized carbons (Fsp3) is 0. The lowest BCUT2D eigenvalue weighted by Gasteiger charge is -2.06. The van der Waals surface area contributed by atoms with Crippen LogP contribution < -0.4 is 0 Å². The molecule has 0 aliphatic heterocycles. The first-order chi connectivity index (χ1) is 11.9. The Morgan fingerprint density at radius 1 is 0.542 bits per heavy atom. The van der Waals surface area contributed by atoms with Gasteiger partial charge in [-0.1, -0.05) is 24.3 Å². The molecule has 0 atom stereocenters. The second kappa shape index (κ2) is 5.06. The molecule has 1 aromatic carbocycles. The standard InChI is InChI=1S/C20H12N2O2/c1-3-17(23-11-1)15-9-7-13-5-6-14-8-10-16(18-4-2-12-24-18)22-20(14)19(13)21-15/h1-12H. The summed E-state index contributed by atoms with van der Waals surface area (Å²) in [6.07, 6.45) is 3.30. The van der Waals surface area contributed by atoms with E-state index in [0.717, 1.165) is 44.7 Å². The van der Waals surface area contributed by atoms with Gasteiger partial charge in [0.2, 0.25) is 0 Å². The van der Waals surface area contributed by atoms with Gasteiger partial charge in [0, 0.05) is 10.8 Å². The number of fused-ring (bicyclic) bond motifs is 3. The number of aromatic nitrogens is 2. The fourth-order valence-electron chi connectivity index (χ4n) is 2.89. The summed E-state index contributed by atoms with van der Waals surface area (Å²) in [5.74, 6) is 1.49. The zero-order valence-electron chi connectivity index (χ0n) is 12.6. The molecule has 0 amide bonds. The molecule has 0 saturated heterocycles. The number of pyridine rings is 2. The first kappa shape index (κ1) is 13.1. The second-order valence-electron chi connectivity index (χ2n) is 5.56. The van der Waals surface area contributed by atoms with Crippen molar-refractivity contribution in [1.29, 1.82) is 0 Å². The molecule has 0 unspecified atom stereocenters. The molecule has 5 aromatic rings. The summed E-state index contributed by atoms with van der Waals surface area (Å²) in [7, 11) is 0. The maximum absolute atomic E-state index is 5.47. The summed E-state index contributed by atoms with van der Waals surface area (Å²) in [4.78, 5) is 9.56. The van der Waals surface area contributed by atoms with Gasteiger partial charge in [0.25, 0.3) is 0 Å². The highest BCUT2D eigenvalue weighted by Gasteiger charge is 2.10. The van der Waals surface area contributed by atoms with Crippen molar-refractivity contribution < 1.29 is 8.83 Å². The smallest absolute Gasteiger partial charge is 0.152 e. The summed E-state index contributed by atoms with van der Waals surface area (Å²) in [5.41, 5.74) is 3.31. The minimum Gasteiger partial charge on any atom is -0.463 e. The largest absolute Gasteiger partial charge is 0.463 e. The first-order valence-corrected chi connectivity index (χ1v) is 7.67. The Kier molecular flexibility index (Phi) is 2.76. The molecule has 0 N–H and O–H groups in total. The van der Waals surface area contributed by atoms with Crippen molar-refractivity contribution in [3.63, 3.8) is 0 Å². The van der Waals surface area contributed by atoms with Crippen LogP contribution >= 0.6 is 0 Å². The molecule has 0 saturated carbocycles. The minimum absolute atomic E-state index is 0.746. The summed E-state index contributed by atoms with van der Waals surface area (Å²) < 4.78 is 10.9. The van der Waals surface area contributed by atoms with E-state index in [1.54, 1.807) is 12.5 Å². The van der Waals surface area contributed by atoms with Crippen LogP contribution in [0.15, 0.2) is 82.0 Å². The van der Waals surface area contributed by atoms with Gasteiger partial charge in [-0.2, -0.15) is 0 Å². The molecule has 0 radical (unpaired) electrons. The molecule has 4 heterocycles. The van der Waals surface area contributed by atoms with E-state index in [1.807, 2.05) is 48.5 Å². The number of furan rings is 2. The van der Waals surface area contributed by atoms with Gasteiger partial charge in [-0.3, -0.25) is 0 Å². The van der Waals surface area contributed by atoms with E-state index in [2.05, 4.69) is 12.1 Å². The lowest BCUT2D eigenvalue weighted by Crippen LogP contribution is -1.89. The molecular weight excluding hydrogens is 300 g/mol. The average molecular weight is 312 g/mol. The SMILES string of the molecule is c1coc(-c2ccc3ccc4ccc(-c5ccco5)nc4c3n2)c1. The van der Waals surface area contributed by atoms with E-state index in [0.29, 0.717) is 0 Å². The Morgan fingerprint density at radius 3 is 1.42 bits per heavy atom. The van der Waals surface area contributed by atoms with Crippen molar-refractivity contribution in [1.82, 2.24) is 9.97 Å². The first-order valence-electron chi connectivity index (χ1n) is 7.67. The summed E-state index contributed by atoms with van der Waals surface area (Å²) in [5, 5.41) is 2.09. The maximum atomic E-state index is 5.47. The molecule has 4 heteroatoms. The van der Waals surface area contributed by atoms with E-state index in [4.69, 9.17) is 18.8 Å². The van der Waals surface area contributed by atoms with E-state index < -0.39 is 0 Å². The predicted octanol–water partition coefficient (Wildman–Crippen LogP) is 5.30. The van der Waals surface area contributed by atoms with Crippen LogP contribution in [0.3, 0.4) is 0 Å². The van der Waals surface area contributed by atoms with Crippen LogP contribution in [0.2, 0.25) is 0 Å². The van der Waals surface area contributed by atoms with Gasteiger partial charge in [0.15, 0.2) is 11.5 Å². The number of nitrogens with zero attached hydrogens (tertiary/aromatic N) is 2. The number of benzene rings is 1. The minimum atomic E-state index is 0.746. The van der Waals surface area contributed by atoms with Crippen LogP contribution in [0.1, 0.15) is 0 Å². The van der Waals surface area contributed by atoms with Gasteiger partial charge in [-0.15, -0.1) is 0 Å². The maximum Gasteiger partial charge on any atom is 0.152 e. The van der Waals surface area contributed by atoms with Gasteiger partial charge >= 0.3 is 0 Å². The third-order valence-electron chi connectivity index (χ3n) is 4.07. The highest BCUT2D eigenvalue weighted by molar-refractivity contribution is 6.03. The molecule has 0 fully saturated rings. The summed E-state index contributed by atoms with van der Waals surface area (Å²) >= 11 is 0.